The number of carbonyl (C=O) groups excluding carboxylic acids is 2. The van der Waals surface area contributed by atoms with Gasteiger partial charge in [-0.1, -0.05) is 41.9 Å². The summed E-state index contributed by atoms with van der Waals surface area (Å²) in [6.45, 7) is 0.307. The molecule has 6 heteroatoms. The first-order valence-electron chi connectivity index (χ1n) is 9.37. The van der Waals surface area contributed by atoms with Crippen molar-refractivity contribution in [1.29, 1.82) is 0 Å². The third-order valence-electron chi connectivity index (χ3n) is 5.29. The first-order valence-corrected chi connectivity index (χ1v) is 9.75. The Hall–Kier alpha value is -3.31. The minimum absolute atomic E-state index is 0.106. The molecule has 29 heavy (non-hydrogen) atoms. The van der Waals surface area contributed by atoms with Crippen LogP contribution in [0.4, 0.5) is 11.4 Å². The maximum atomic E-state index is 12.8. The Kier molecular flexibility index (Phi) is 4.25. The number of fused-ring (bicyclic) bond motifs is 3. The third kappa shape index (κ3) is 3.13. The van der Waals surface area contributed by atoms with Crippen LogP contribution in [0.1, 0.15) is 6.42 Å². The average molecular weight is 405 g/mol. The lowest BCUT2D eigenvalue weighted by Crippen LogP contribution is -2.28. The van der Waals surface area contributed by atoms with Crippen LogP contribution in [0.2, 0.25) is 5.02 Å². The Bertz CT molecular complexity index is 1260. The van der Waals surface area contributed by atoms with Gasteiger partial charge in [0.2, 0.25) is 11.8 Å². The predicted octanol–water partition coefficient (Wildman–Crippen LogP) is 5.23. The van der Waals surface area contributed by atoms with Crippen LogP contribution in [0.25, 0.3) is 21.9 Å². The number of nitrogens with one attached hydrogen (secondary N) is 1. The number of amides is 2. The highest BCUT2D eigenvalue weighted by Crippen LogP contribution is 2.33. The molecular formula is C23H17ClN2O3. The molecule has 0 radical (unpaired) electrons. The normalized spacial score (nSPS) is 16.7. The number of para-hydroxylation sites is 2. The van der Waals surface area contributed by atoms with Crippen molar-refractivity contribution in [2.45, 2.75) is 6.42 Å². The highest BCUT2D eigenvalue weighted by molar-refractivity contribution is 6.34. The Labute approximate surface area is 171 Å². The maximum absolute atomic E-state index is 12.8. The fourth-order valence-corrected chi connectivity index (χ4v) is 4.07. The second kappa shape index (κ2) is 6.94. The summed E-state index contributed by atoms with van der Waals surface area (Å²) in [5.74, 6) is -0.737. The van der Waals surface area contributed by atoms with Crippen molar-refractivity contribution in [1.82, 2.24) is 0 Å². The first kappa shape index (κ1) is 17.8. The number of nitrogens with zero attached hydrogens (tertiary/aromatic N) is 1. The number of hydrogen-bond donors (Lipinski definition) is 1. The molecule has 144 valence electrons. The monoisotopic (exact) mass is 404 g/mol. The molecule has 1 aromatic heterocycles. The van der Waals surface area contributed by atoms with Gasteiger partial charge in [-0.3, -0.25) is 9.59 Å². The molecule has 1 aliphatic rings. The Balaban J connectivity index is 1.36. The number of hydrogen-bond acceptors (Lipinski definition) is 3. The molecule has 0 aliphatic carbocycles. The number of benzene rings is 3. The number of carbonyl (C=O) groups is 2. The van der Waals surface area contributed by atoms with E-state index >= 15 is 0 Å². The lowest BCUT2D eigenvalue weighted by atomic mass is 10.1. The van der Waals surface area contributed by atoms with Gasteiger partial charge >= 0.3 is 0 Å². The van der Waals surface area contributed by atoms with Gasteiger partial charge in [-0.05, 0) is 30.3 Å². The molecule has 1 fully saturated rings. The minimum Gasteiger partial charge on any atom is -0.456 e. The summed E-state index contributed by atoms with van der Waals surface area (Å²) < 4.78 is 5.88. The van der Waals surface area contributed by atoms with Gasteiger partial charge in [-0.2, -0.15) is 0 Å². The van der Waals surface area contributed by atoms with Gasteiger partial charge in [-0.25, -0.2) is 0 Å². The van der Waals surface area contributed by atoms with E-state index < -0.39 is 5.92 Å². The molecule has 1 atom stereocenters. The van der Waals surface area contributed by atoms with Crippen LogP contribution in [0.3, 0.4) is 0 Å². The van der Waals surface area contributed by atoms with Gasteiger partial charge < -0.3 is 14.6 Å². The topological polar surface area (TPSA) is 62.6 Å². The maximum Gasteiger partial charge on any atom is 0.229 e. The molecule has 1 N–H and O–H groups in total. The fourth-order valence-electron chi connectivity index (χ4n) is 3.83. The zero-order chi connectivity index (χ0) is 20.0. The molecule has 1 aliphatic heterocycles. The van der Waals surface area contributed by atoms with Crippen LogP contribution < -0.4 is 10.2 Å². The van der Waals surface area contributed by atoms with E-state index in [1.165, 1.54) is 0 Å². The average Bonchev–Trinajstić information content (AvgIpc) is 3.28. The standard InChI is InChI=1S/C23H17ClN2O3/c24-18-6-2-3-7-19(18)26-13-14(11-22(26)27)23(28)25-15-9-10-17-16-5-1-4-8-20(16)29-21(17)12-15/h1-10,12,14H,11,13H2,(H,25,28). The summed E-state index contributed by atoms with van der Waals surface area (Å²) in [5, 5.41) is 5.45. The molecule has 5 nitrogen and oxygen atoms in total. The molecule has 1 saturated heterocycles. The van der Waals surface area contributed by atoms with E-state index in [1.807, 2.05) is 54.6 Å². The molecule has 2 amide bonds. The lowest BCUT2D eigenvalue weighted by molar-refractivity contribution is -0.122. The molecule has 2 heterocycles. The summed E-state index contributed by atoms with van der Waals surface area (Å²) in [6.07, 6.45) is 0.157. The van der Waals surface area contributed by atoms with E-state index in [-0.39, 0.29) is 18.2 Å². The summed E-state index contributed by atoms with van der Waals surface area (Å²) in [4.78, 5) is 26.8. The van der Waals surface area contributed by atoms with Crippen LogP contribution in [-0.2, 0) is 9.59 Å². The molecule has 0 spiro atoms. The van der Waals surface area contributed by atoms with Crippen LogP contribution in [0.5, 0.6) is 0 Å². The van der Waals surface area contributed by atoms with Gasteiger partial charge in [0.15, 0.2) is 0 Å². The van der Waals surface area contributed by atoms with Gasteiger partial charge in [-0.15, -0.1) is 0 Å². The van der Waals surface area contributed by atoms with Crippen molar-refractivity contribution < 1.29 is 14.0 Å². The van der Waals surface area contributed by atoms with Crippen LogP contribution in [0, 0.1) is 5.92 Å². The van der Waals surface area contributed by atoms with E-state index in [0.717, 1.165) is 16.4 Å². The third-order valence-corrected chi connectivity index (χ3v) is 5.60. The smallest absolute Gasteiger partial charge is 0.229 e. The van der Waals surface area contributed by atoms with Crippen molar-refractivity contribution >= 4 is 56.7 Å². The number of furan rings is 1. The number of halogens is 1. The quantitative estimate of drug-likeness (QED) is 0.508. The van der Waals surface area contributed by atoms with Crippen LogP contribution in [-0.4, -0.2) is 18.4 Å². The fraction of sp³-hybridized carbons (Fsp3) is 0.130. The van der Waals surface area contributed by atoms with E-state index in [2.05, 4.69) is 5.32 Å². The second-order valence-corrected chi connectivity index (χ2v) is 7.56. The first-order chi connectivity index (χ1) is 14.1. The second-order valence-electron chi connectivity index (χ2n) is 7.16. The largest absolute Gasteiger partial charge is 0.456 e. The Morgan fingerprint density at radius 1 is 1.00 bits per heavy atom. The predicted molar refractivity (Wildman–Crippen MR) is 114 cm³/mol. The van der Waals surface area contributed by atoms with Crippen molar-refractivity contribution in [2.75, 3.05) is 16.8 Å². The van der Waals surface area contributed by atoms with Gasteiger partial charge in [0.25, 0.3) is 0 Å². The number of anilines is 2. The molecule has 0 saturated carbocycles. The Morgan fingerprint density at radius 2 is 1.76 bits per heavy atom. The van der Waals surface area contributed by atoms with Gasteiger partial charge in [0.05, 0.1) is 16.6 Å². The Morgan fingerprint density at radius 3 is 2.62 bits per heavy atom. The van der Waals surface area contributed by atoms with Crippen LogP contribution >= 0.6 is 11.6 Å². The highest BCUT2D eigenvalue weighted by atomic mass is 35.5. The van der Waals surface area contributed by atoms with Crippen molar-refractivity contribution in [3.8, 4) is 0 Å². The molecule has 0 bridgehead atoms. The van der Waals surface area contributed by atoms with Gasteiger partial charge in [0.1, 0.15) is 11.2 Å². The zero-order valence-electron chi connectivity index (χ0n) is 15.4. The van der Waals surface area contributed by atoms with E-state index in [0.29, 0.717) is 28.5 Å². The van der Waals surface area contributed by atoms with Crippen molar-refractivity contribution in [3.63, 3.8) is 0 Å². The van der Waals surface area contributed by atoms with Crippen molar-refractivity contribution in [2.24, 2.45) is 5.92 Å². The SMILES string of the molecule is O=C(Nc1ccc2c(c1)oc1ccccc12)C1CC(=O)N(c2ccccc2Cl)C1. The molecule has 5 rings (SSSR count). The molecule has 3 aromatic carbocycles. The minimum atomic E-state index is -0.440. The summed E-state index contributed by atoms with van der Waals surface area (Å²) >= 11 is 6.21. The van der Waals surface area contributed by atoms with Crippen molar-refractivity contribution in [3.05, 3.63) is 71.8 Å². The lowest BCUT2D eigenvalue weighted by Gasteiger charge is -2.18. The summed E-state index contributed by atoms with van der Waals surface area (Å²) in [7, 11) is 0. The molecular weight excluding hydrogens is 388 g/mol. The van der Waals surface area contributed by atoms with E-state index in [1.54, 1.807) is 17.0 Å². The molecule has 1 unspecified atom stereocenters. The van der Waals surface area contributed by atoms with Gasteiger partial charge in [0, 0.05) is 35.5 Å². The number of rotatable bonds is 3. The van der Waals surface area contributed by atoms with E-state index in [4.69, 9.17) is 16.0 Å². The summed E-state index contributed by atoms with van der Waals surface area (Å²) in [6, 6.07) is 20.6. The van der Waals surface area contributed by atoms with E-state index in [9.17, 15) is 9.59 Å². The van der Waals surface area contributed by atoms with Crippen LogP contribution in [0.15, 0.2) is 71.1 Å². The summed E-state index contributed by atoms with van der Waals surface area (Å²) in [5.41, 5.74) is 2.80. The molecule has 4 aromatic rings. The zero-order valence-corrected chi connectivity index (χ0v) is 16.1. The highest BCUT2D eigenvalue weighted by Gasteiger charge is 2.35.